The van der Waals surface area contributed by atoms with Crippen LogP contribution in [0.2, 0.25) is 0 Å². The third-order valence-electron chi connectivity index (χ3n) is 1.98. The van der Waals surface area contributed by atoms with Gasteiger partial charge in [0.2, 0.25) is 17.8 Å². The molecule has 7 heteroatoms. The van der Waals surface area contributed by atoms with Gasteiger partial charge in [-0.05, 0) is 5.92 Å². The van der Waals surface area contributed by atoms with Gasteiger partial charge in [0.1, 0.15) is 13.1 Å². The lowest BCUT2D eigenvalue weighted by Crippen LogP contribution is -2.57. The van der Waals surface area contributed by atoms with Crippen LogP contribution in [0.3, 0.4) is 0 Å². The second-order valence-electron chi connectivity index (χ2n) is 4.03. The number of nitrogens with one attached hydrogen (secondary N) is 2. The van der Waals surface area contributed by atoms with Crippen molar-refractivity contribution in [2.75, 3.05) is 19.6 Å². The summed E-state index contributed by atoms with van der Waals surface area (Å²) < 4.78 is 0. The molecule has 0 aromatic carbocycles. The van der Waals surface area contributed by atoms with Crippen LogP contribution in [-0.4, -0.2) is 42.3 Å². The molecular weight excluding hydrogens is 210 g/mol. The first kappa shape index (κ1) is 12.4. The number of hydrogen-bond donors (Lipinski definition) is 3. The highest BCUT2D eigenvalue weighted by Gasteiger charge is 2.24. The van der Waals surface area contributed by atoms with E-state index in [0.717, 1.165) is 0 Å². The molecule has 0 aliphatic carbocycles. The molecule has 7 nitrogen and oxygen atoms in total. The van der Waals surface area contributed by atoms with E-state index < -0.39 is 0 Å². The largest absolute Gasteiger partial charge is 0.323 e. The Morgan fingerprint density at radius 3 is 2.50 bits per heavy atom. The van der Waals surface area contributed by atoms with Gasteiger partial charge in [0.25, 0.3) is 0 Å². The molecule has 1 aliphatic rings. The molecule has 0 unspecified atom stereocenters. The van der Waals surface area contributed by atoms with Gasteiger partial charge in [0, 0.05) is 6.54 Å². The van der Waals surface area contributed by atoms with Crippen molar-refractivity contribution in [2.45, 2.75) is 13.8 Å². The number of rotatable bonds is 2. The summed E-state index contributed by atoms with van der Waals surface area (Å²) in [5.41, 5.74) is 2.41. The lowest BCUT2D eigenvalue weighted by molar-refractivity contribution is -0.134. The number of carbonyl (C=O) groups is 2. The number of amides is 2. The minimum atomic E-state index is -0.344. The van der Waals surface area contributed by atoms with Crippen LogP contribution in [-0.2, 0) is 9.59 Å². The maximum absolute atomic E-state index is 11.1. The smallest absolute Gasteiger partial charge is 0.246 e. The van der Waals surface area contributed by atoms with Gasteiger partial charge < -0.3 is 4.90 Å². The highest BCUT2D eigenvalue weighted by molar-refractivity contribution is 6.02. The Morgan fingerprint density at radius 2 is 2.06 bits per heavy atom. The van der Waals surface area contributed by atoms with Gasteiger partial charge in [0.15, 0.2) is 0 Å². The first-order chi connectivity index (χ1) is 7.52. The van der Waals surface area contributed by atoms with Crippen LogP contribution in [0, 0.1) is 5.92 Å². The van der Waals surface area contributed by atoms with E-state index in [1.54, 1.807) is 0 Å². The Balaban J connectivity index is 2.68. The summed E-state index contributed by atoms with van der Waals surface area (Å²) in [6.07, 6.45) is 0. The fourth-order valence-electron chi connectivity index (χ4n) is 1.29. The minimum Gasteiger partial charge on any atom is -0.323 e. The van der Waals surface area contributed by atoms with Gasteiger partial charge in [-0.25, -0.2) is 5.84 Å². The average Bonchev–Trinajstić information content (AvgIpc) is 2.16. The molecule has 4 N–H and O–H groups in total. The number of hydrazine groups is 1. The van der Waals surface area contributed by atoms with Crippen LogP contribution >= 0.6 is 0 Å². The Kier molecular flexibility index (Phi) is 4.24. The molecule has 0 aromatic rings. The summed E-state index contributed by atoms with van der Waals surface area (Å²) in [4.78, 5) is 28.0. The van der Waals surface area contributed by atoms with Crippen LogP contribution in [0.25, 0.3) is 0 Å². The molecule has 1 fully saturated rings. The Bertz CT molecular complexity index is 297. The summed E-state index contributed by atoms with van der Waals surface area (Å²) in [6.45, 7) is 4.81. The van der Waals surface area contributed by atoms with E-state index in [0.29, 0.717) is 18.4 Å². The molecule has 0 radical (unpaired) electrons. The molecule has 1 aliphatic heterocycles. The van der Waals surface area contributed by atoms with Crippen molar-refractivity contribution in [3.63, 3.8) is 0 Å². The number of aliphatic imine (C=N–C) groups is 1. The van der Waals surface area contributed by atoms with Crippen molar-refractivity contribution >= 4 is 17.8 Å². The zero-order valence-electron chi connectivity index (χ0n) is 9.49. The second-order valence-corrected chi connectivity index (χ2v) is 4.03. The SMILES string of the molecule is CC(C)CN=C(NN)N1CC(=O)NC(=O)C1. The summed E-state index contributed by atoms with van der Waals surface area (Å²) in [5.74, 6) is 5.39. The number of guanidine groups is 1. The number of piperazine rings is 1. The van der Waals surface area contributed by atoms with Crippen molar-refractivity contribution in [2.24, 2.45) is 16.8 Å². The Hall–Kier alpha value is -1.63. The zero-order valence-corrected chi connectivity index (χ0v) is 9.49. The molecule has 0 atom stereocenters. The maximum atomic E-state index is 11.1. The van der Waals surface area contributed by atoms with Crippen LogP contribution in [0.4, 0.5) is 0 Å². The number of nitrogens with two attached hydrogens (primary N) is 1. The first-order valence-electron chi connectivity index (χ1n) is 5.11. The molecule has 1 heterocycles. The molecule has 2 amide bonds. The van der Waals surface area contributed by atoms with Gasteiger partial charge in [-0.3, -0.25) is 25.3 Å². The summed E-state index contributed by atoms with van der Waals surface area (Å²) >= 11 is 0. The lowest BCUT2D eigenvalue weighted by Gasteiger charge is -2.27. The fraction of sp³-hybridized carbons (Fsp3) is 0.667. The standard InChI is InChI=1S/C9H17N5O2/c1-6(2)3-11-9(13-10)14-4-7(15)12-8(16)5-14/h6H,3-5,10H2,1-2H3,(H,11,13)(H,12,15,16). The molecule has 0 saturated carbocycles. The number of hydrogen-bond acceptors (Lipinski definition) is 4. The van der Waals surface area contributed by atoms with Crippen LogP contribution < -0.4 is 16.6 Å². The summed E-state index contributed by atoms with van der Waals surface area (Å²) in [6, 6.07) is 0. The Labute approximate surface area is 94.0 Å². The maximum Gasteiger partial charge on any atom is 0.246 e. The van der Waals surface area contributed by atoms with Crippen LogP contribution in [0.15, 0.2) is 4.99 Å². The van der Waals surface area contributed by atoms with Gasteiger partial charge in [-0.2, -0.15) is 0 Å². The highest BCUT2D eigenvalue weighted by Crippen LogP contribution is 1.98. The Morgan fingerprint density at radius 1 is 1.50 bits per heavy atom. The quantitative estimate of drug-likeness (QED) is 0.174. The van der Waals surface area contributed by atoms with Crippen LogP contribution in [0.1, 0.15) is 13.8 Å². The van der Waals surface area contributed by atoms with E-state index in [-0.39, 0.29) is 24.9 Å². The second kappa shape index (κ2) is 5.45. The zero-order chi connectivity index (χ0) is 12.1. The minimum absolute atomic E-state index is 0.0901. The van der Waals surface area contributed by atoms with E-state index in [1.165, 1.54) is 4.90 Å². The van der Waals surface area contributed by atoms with Gasteiger partial charge in [-0.1, -0.05) is 13.8 Å². The van der Waals surface area contributed by atoms with E-state index in [4.69, 9.17) is 5.84 Å². The molecule has 0 bridgehead atoms. The average molecular weight is 227 g/mol. The summed E-state index contributed by atoms with van der Waals surface area (Å²) in [7, 11) is 0. The van der Waals surface area contributed by atoms with Gasteiger partial charge in [0.05, 0.1) is 0 Å². The van der Waals surface area contributed by atoms with E-state index >= 15 is 0 Å². The molecule has 0 spiro atoms. The highest BCUT2D eigenvalue weighted by atomic mass is 16.2. The van der Waals surface area contributed by atoms with E-state index in [1.807, 2.05) is 13.8 Å². The van der Waals surface area contributed by atoms with Crippen molar-refractivity contribution in [1.29, 1.82) is 0 Å². The number of carbonyl (C=O) groups excluding carboxylic acids is 2. The van der Waals surface area contributed by atoms with Crippen molar-refractivity contribution in [3.8, 4) is 0 Å². The topological polar surface area (TPSA) is 99.8 Å². The monoisotopic (exact) mass is 227 g/mol. The normalized spacial score (nSPS) is 17.8. The van der Waals surface area contributed by atoms with Crippen LogP contribution in [0.5, 0.6) is 0 Å². The third kappa shape index (κ3) is 3.50. The number of nitrogens with zero attached hydrogens (tertiary/aromatic N) is 2. The van der Waals surface area contributed by atoms with E-state index in [2.05, 4.69) is 15.7 Å². The molecule has 1 saturated heterocycles. The van der Waals surface area contributed by atoms with Crippen molar-refractivity contribution < 1.29 is 9.59 Å². The molecule has 90 valence electrons. The fourth-order valence-corrected chi connectivity index (χ4v) is 1.29. The predicted octanol–water partition coefficient (Wildman–Crippen LogP) is -1.58. The molecule has 1 rings (SSSR count). The predicted molar refractivity (Wildman–Crippen MR) is 59.2 cm³/mol. The molecule has 16 heavy (non-hydrogen) atoms. The van der Waals surface area contributed by atoms with Crippen molar-refractivity contribution in [1.82, 2.24) is 15.6 Å². The molecular formula is C9H17N5O2. The number of imide groups is 1. The molecule has 0 aromatic heterocycles. The third-order valence-corrected chi connectivity index (χ3v) is 1.98. The van der Waals surface area contributed by atoms with Gasteiger partial charge in [-0.15, -0.1) is 0 Å². The lowest BCUT2D eigenvalue weighted by atomic mass is 10.2. The van der Waals surface area contributed by atoms with Gasteiger partial charge >= 0.3 is 0 Å². The van der Waals surface area contributed by atoms with E-state index in [9.17, 15) is 9.59 Å². The van der Waals surface area contributed by atoms with Crippen molar-refractivity contribution in [3.05, 3.63) is 0 Å². The summed E-state index contributed by atoms with van der Waals surface area (Å²) in [5, 5.41) is 2.21. The first-order valence-corrected chi connectivity index (χ1v) is 5.11.